The second-order valence-electron chi connectivity index (χ2n) is 5.88. The predicted molar refractivity (Wildman–Crippen MR) is 95.3 cm³/mol. The van der Waals surface area contributed by atoms with Gasteiger partial charge in [-0.05, 0) is 18.1 Å². The zero-order valence-electron chi connectivity index (χ0n) is 12.8. The molecule has 3 aromatic rings. The largest absolute Gasteiger partial charge is 0.357 e. The van der Waals surface area contributed by atoms with Gasteiger partial charge in [0.05, 0.1) is 6.54 Å². The monoisotopic (exact) mass is 326 g/mol. The van der Waals surface area contributed by atoms with Gasteiger partial charge in [0.2, 0.25) is 0 Å². The number of fused-ring (bicyclic) bond motifs is 3. The predicted octanol–water partition coefficient (Wildman–Crippen LogP) is 3.83. The molecular formula is C19H19ClN2O. The molecule has 4 heteroatoms. The van der Waals surface area contributed by atoms with Crippen LogP contribution in [0.4, 0.5) is 0 Å². The lowest BCUT2D eigenvalue weighted by Crippen LogP contribution is -2.34. The van der Waals surface area contributed by atoms with E-state index in [2.05, 4.69) is 34.1 Å². The van der Waals surface area contributed by atoms with Crippen molar-refractivity contribution in [3.63, 3.8) is 0 Å². The van der Waals surface area contributed by atoms with Gasteiger partial charge in [-0.3, -0.25) is 9.69 Å². The van der Waals surface area contributed by atoms with Gasteiger partial charge >= 0.3 is 0 Å². The number of benzene rings is 2. The van der Waals surface area contributed by atoms with Gasteiger partial charge in [-0.2, -0.15) is 0 Å². The molecule has 1 aromatic heterocycles. The first kappa shape index (κ1) is 15.8. The zero-order valence-corrected chi connectivity index (χ0v) is 13.6. The molecule has 4 rings (SSSR count). The molecule has 0 bridgehead atoms. The first-order valence-corrected chi connectivity index (χ1v) is 7.70. The normalized spacial score (nSPS) is 14.3. The molecule has 0 saturated heterocycles. The first-order valence-electron chi connectivity index (χ1n) is 7.70. The van der Waals surface area contributed by atoms with Gasteiger partial charge in [-0.15, -0.1) is 12.4 Å². The smallest absolute Gasteiger partial charge is 0.176 e. The molecule has 0 unspecified atom stereocenters. The van der Waals surface area contributed by atoms with Crippen molar-refractivity contribution in [3.05, 3.63) is 71.4 Å². The fraction of sp³-hybridized carbons (Fsp3) is 0.211. The van der Waals surface area contributed by atoms with Crippen LogP contribution in [0, 0.1) is 0 Å². The van der Waals surface area contributed by atoms with E-state index in [4.69, 9.17) is 0 Å². The molecule has 2 heterocycles. The number of carbonyl (C=O) groups is 1. The summed E-state index contributed by atoms with van der Waals surface area (Å²) in [4.78, 5) is 18.1. The Balaban J connectivity index is 0.00000156. The summed E-state index contributed by atoms with van der Waals surface area (Å²) in [5.41, 5.74) is 4.67. The maximum atomic E-state index is 12.3. The van der Waals surface area contributed by atoms with Gasteiger partial charge in [-0.25, -0.2) is 0 Å². The summed E-state index contributed by atoms with van der Waals surface area (Å²) < 4.78 is 0. The van der Waals surface area contributed by atoms with Crippen molar-refractivity contribution in [2.24, 2.45) is 0 Å². The molecule has 3 nitrogen and oxygen atoms in total. The molecule has 0 fully saturated rings. The minimum atomic E-state index is 0. The third kappa shape index (κ3) is 3.03. The lowest BCUT2D eigenvalue weighted by Gasteiger charge is -2.26. The van der Waals surface area contributed by atoms with Crippen molar-refractivity contribution in [2.75, 3.05) is 13.1 Å². The summed E-state index contributed by atoms with van der Waals surface area (Å²) in [5, 5.41) is 1.33. The highest BCUT2D eigenvalue weighted by atomic mass is 35.5. The molecule has 1 N–H and O–H groups in total. The Morgan fingerprint density at radius 1 is 1.04 bits per heavy atom. The van der Waals surface area contributed by atoms with E-state index in [1.165, 1.54) is 22.2 Å². The minimum Gasteiger partial charge on any atom is -0.357 e. The van der Waals surface area contributed by atoms with Gasteiger partial charge in [0.25, 0.3) is 0 Å². The van der Waals surface area contributed by atoms with Crippen molar-refractivity contribution in [1.29, 1.82) is 0 Å². The summed E-state index contributed by atoms with van der Waals surface area (Å²) >= 11 is 0. The fourth-order valence-corrected chi connectivity index (χ4v) is 3.30. The van der Waals surface area contributed by atoms with Gasteiger partial charge < -0.3 is 4.98 Å². The van der Waals surface area contributed by atoms with Crippen LogP contribution >= 0.6 is 12.4 Å². The second-order valence-corrected chi connectivity index (χ2v) is 5.88. The summed E-state index contributed by atoms with van der Waals surface area (Å²) in [6.07, 6.45) is 1.00. The summed E-state index contributed by atoms with van der Waals surface area (Å²) in [5.74, 6) is 0.195. The molecule has 0 radical (unpaired) electrons. The van der Waals surface area contributed by atoms with Crippen molar-refractivity contribution in [3.8, 4) is 0 Å². The zero-order chi connectivity index (χ0) is 14.9. The van der Waals surface area contributed by atoms with Crippen LogP contribution in [-0.2, 0) is 13.0 Å². The van der Waals surface area contributed by atoms with Crippen molar-refractivity contribution >= 4 is 29.1 Å². The number of aromatic nitrogens is 1. The minimum absolute atomic E-state index is 0. The number of carbonyl (C=O) groups excluding carboxylic acids is 1. The molecule has 0 spiro atoms. The van der Waals surface area contributed by atoms with E-state index in [0.717, 1.165) is 25.1 Å². The van der Waals surface area contributed by atoms with E-state index in [9.17, 15) is 4.79 Å². The first-order chi connectivity index (χ1) is 10.8. The van der Waals surface area contributed by atoms with Crippen LogP contribution in [0.3, 0.4) is 0 Å². The Labute approximate surface area is 141 Å². The van der Waals surface area contributed by atoms with E-state index < -0.39 is 0 Å². The van der Waals surface area contributed by atoms with Gasteiger partial charge in [0, 0.05) is 35.2 Å². The van der Waals surface area contributed by atoms with E-state index in [0.29, 0.717) is 6.54 Å². The quantitative estimate of drug-likeness (QED) is 0.742. The number of halogens is 1. The molecule has 23 heavy (non-hydrogen) atoms. The van der Waals surface area contributed by atoms with E-state index in [-0.39, 0.29) is 18.2 Å². The Morgan fingerprint density at radius 3 is 2.61 bits per heavy atom. The number of rotatable bonds is 3. The number of nitrogens with zero attached hydrogens (tertiary/aromatic N) is 1. The third-order valence-electron chi connectivity index (χ3n) is 4.42. The highest BCUT2D eigenvalue weighted by Crippen LogP contribution is 2.27. The van der Waals surface area contributed by atoms with E-state index in [1.54, 1.807) is 0 Å². The number of aromatic amines is 1. The van der Waals surface area contributed by atoms with Crippen LogP contribution in [0.1, 0.15) is 21.6 Å². The van der Waals surface area contributed by atoms with Crippen molar-refractivity contribution < 1.29 is 4.79 Å². The maximum absolute atomic E-state index is 12.3. The molecule has 0 amide bonds. The molecule has 0 saturated carbocycles. The van der Waals surface area contributed by atoms with Crippen LogP contribution in [0.2, 0.25) is 0 Å². The summed E-state index contributed by atoms with van der Waals surface area (Å²) in [7, 11) is 0. The third-order valence-corrected chi connectivity index (χ3v) is 4.42. The number of hydrogen-bond acceptors (Lipinski definition) is 2. The van der Waals surface area contributed by atoms with Crippen LogP contribution < -0.4 is 0 Å². The molecule has 118 valence electrons. The Bertz CT molecular complexity index is 826. The maximum Gasteiger partial charge on any atom is 0.176 e. The van der Waals surface area contributed by atoms with Crippen molar-refractivity contribution in [2.45, 2.75) is 13.0 Å². The second kappa shape index (κ2) is 6.57. The molecule has 0 aliphatic carbocycles. The Kier molecular flexibility index (Phi) is 4.51. The summed E-state index contributed by atoms with van der Waals surface area (Å²) in [6.45, 7) is 2.24. The molecule has 0 atom stereocenters. The average molecular weight is 327 g/mol. The van der Waals surface area contributed by atoms with E-state index in [1.807, 2.05) is 30.3 Å². The van der Waals surface area contributed by atoms with Crippen LogP contribution in [-0.4, -0.2) is 28.8 Å². The lowest BCUT2D eigenvalue weighted by molar-refractivity contribution is 0.0921. The lowest BCUT2D eigenvalue weighted by atomic mass is 10.0. The fourth-order valence-electron chi connectivity index (χ4n) is 3.30. The van der Waals surface area contributed by atoms with Gasteiger partial charge in [-0.1, -0.05) is 48.5 Å². The van der Waals surface area contributed by atoms with E-state index >= 15 is 0 Å². The number of ketones is 1. The molecule has 2 aromatic carbocycles. The number of H-pyrrole nitrogens is 1. The molecular weight excluding hydrogens is 308 g/mol. The number of para-hydroxylation sites is 1. The topological polar surface area (TPSA) is 36.1 Å². The average Bonchev–Trinajstić information content (AvgIpc) is 2.93. The Hall–Kier alpha value is -2.10. The standard InChI is InChI=1S/C19H18N2O.ClH/c22-19(14-6-2-1-3-7-14)13-21-11-10-16-15-8-4-5-9-17(15)20-18(16)12-21;/h1-9,20H,10-13H2;1H. The number of hydrogen-bond donors (Lipinski definition) is 1. The SMILES string of the molecule is Cl.O=C(CN1CCc2c([nH]c3ccccc23)C1)c1ccccc1. The van der Waals surface area contributed by atoms with Gasteiger partial charge in [0.1, 0.15) is 0 Å². The van der Waals surface area contributed by atoms with Gasteiger partial charge in [0.15, 0.2) is 5.78 Å². The highest BCUT2D eigenvalue weighted by molar-refractivity contribution is 5.97. The summed E-state index contributed by atoms with van der Waals surface area (Å²) in [6, 6.07) is 18.0. The molecule has 1 aliphatic rings. The van der Waals surface area contributed by atoms with Crippen molar-refractivity contribution in [1.82, 2.24) is 9.88 Å². The highest BCUT2D eigenvalue weighted by Gasteiger charge is 2.22. The number of Topliss-reactive ketones (excluding diaryl/α,β-unsaturated/α-hetero) is 1. The number of nitrogens with one attached hydrogen (secondary N) is 1. The van der Waals surface area contributed by atoms with Crippen LogP contribution in [0.5, 0.6) is 0 Å². The van der Waals surface area contributed by atoms with Crippen LogP contribution in [0.25, 0.3) is 10.9 Å². The Morgan fingerprint density at radius 2 is 1.78 bits per heavy atom. The van der Waals surface area contributed by atoms with Crippen LogP contribution in [0.15, 0.2) is 54.6 Å². The molecule has 1 aliphatic heterocycles.